The molecule has 0 spiro atoms. The molecular formula is C14H14. The van der Waals surface area contributed by atoms with Gasteiger partial charge in [-0.3, -0.25) is 0 Å². The minimum atomic E-state index is 1.20. The molecule has 70 valence electrons. The molecule has 0 aliphatic heterocycles. The van der Waals surface area contributed by atoms with Gasteiger partial charge in [-0.15, -0.1) is 0 Å². The molecule has 0 saturated carbocycles. The SMILES string of the molecule is C1=CCCC(c2ccc3c(c2)CC3)=C1. The molecule has 0 amide bonds. The second-order valence-electron chi connectivity index (χ2n) is 4.14. The quantitative estimate of drug-likeness (QED) is 0.623. The molecule has 0 heteroatoms. The van der Waals surface area contributed by atoms with Crippen LogP contribution in [0.2, 0.25) is 0 Å². The Kier molecular flexibility index (Phi) is 1.80. The summed E-state index contributed by atoms with van der Waals surface area (Å²) in [6.07, 6.45) is 11.6. The first-order valence-electron chi connectivity index (χ1n) is 5.41. The van der Waals surface area contributed by atoms with E-state index in [1.54, 1.807) is 11.1 Å². The first-order chi connectivity index (χ1) is 6.93. The molecule has 0 N–H and O–H groups in total. The number of hydrogen-bond acceptors (Lipinski definition) is 0. The molecule has 0 bridgehead atoms. The van der Waals surface area contributed by atoms with Gasteiger partial charge in [0.25, 0.3) is 0 Å². The van der Waals surface area contributed by atoms with Gasteiger partial charge in [0.1, 0.15) is 0 Å². The van der Waals surface area contributed by atoms with Crippen molar-refractivity contribution < 1.29 is 0 Å². The fourth-order valence-electron chi connectivity index (χ4n) is 2.24. The lowest BCUT2D eigenvalue weighted by Gasteiger charge is -2.20. The summed E-state index contributed by atoms with van der Waals surface area (Å²) in [5.41, 5.74) is 6.06. The van der Waals surface area contributed by atoms with Gasteiger partial charge in [0, 0.05) is 0 Å². The first kappa shape index (κ1) is 8.05. The normalized spacial score (nSPS) is 18.4. The highest BCUT2D eigenvalue weighted by molar-refractivity contribution is 5.69. The number of benzene rings is 1. The predicted octanol–water partition coefficient (Wildman–Crippen LogP) is 3.52. The predicted molar refractivity (Wildman–Crippen MR) is 60.2 cm³/mol. The van der Waals surface area contributed by atoms with E-state index in [1.165, 1.54) is 36.8 Å². The number of hydrogen-bond donors (Lipinski definition) is 0. The average Bonchev–Trinajstić information content (AvgIpc) is 2.21. The van der Waals surface area contributed by atoms with E-state index in [9.17, 15) is 0 Å². The molecular weight excluding hydrogens is 168 g/mol. The van der Waals surface area contributed by atoms with Gasteiger partial charge in [0.15, 0.2) is 0 Å². The van der Waals surface area contributed by atoms with Crippen LogP contribution in [0.3, 0.4) is 0 Å². The summed E-state index contributed by atoms with van der Waals surface area (Å²) < 4.78 is 0. The van der Waals surface area contributed by atoms with E-state index in [2.05, 4.69) is 36.4 Å². The Hall–Kier alpha value is -1.30. The van der Waals surface area contributed by atoms with Crippen LogP contribution in [0.4, 0.5) is 0 Å². The van der Waals surface area contributed by atoms with Gasteiger partial charge in [-0.25, -0.2) is 0 Å². The second-order valence-corrected chi connectivity index (χ2v) is 4.14. The molecule has 0 aromatic heterocycles. The van der Waals surface area contributed by atoms with Crippen LogP contribution in [0, 0.1) is 0 Å². The Bertz CT molecular complexity index is 422. The Labute approximate surface area is 85.0 Å². The van der Waals surface area contributed by atoms with E-state index in [0.29, 0.717) is 0 Å². The van der Waals surface area contributed by atoms with Gasteiger partial charge in [-0.1, -0.05) is 36.4 Å². The van der Waals surface area contributed by atoms with E-state index in [0.717, 1.165) is 0 Å². The van der Waals surface area contributed by atoms with Gasteiger partial charge in [0.05, 0.1) is 0 Å². The fourth-order valence-corrected chi connectivity index (χ4v) is 2.24. The summed E-state index contributed by atoms with van der Waals surface area (Å²) >= 11 is 0. The zero-order valence-corrected chi connectivity index (χ0v) is 8.29. The van der Waals surface area contributed by atoms with E-state index in [4.69, 9.17) is 0 Å². The average molecular weight is 182 g/mol. The van der Waals surface area contributed by atoms with E-state index in [-0.39, 0.29) is 0 Å². The van der Waals surface area contributed by atoms with Crippen LogP contribution in [0.5, 0.6) is 0 Å². The Balaban J connectivity index is 1.99. The van der Waals surface area contributed by atoms with Crippen molar-refractivity contribution in [2.75, 3.05) is 0 Å². The number of aryl methyl sites for hydroxylation is 2. The molecule has 1 aromatic rings. The van der Waals surface area contributed by atoms with Crippen LogP contribution >= 0.6 is 0 Å². The minimum absolute atomic E-state index is 1.20. The highest BCUT2D eigenvalue weighted by Crippen LogP contribution is 2.29. The summed E-state index contributed by atoms with van der Waals surface area (Å²) in [4.78, 5) is 0. The number of allylic oxidation sites excluding steroid dienone is 4. The van der Waals surface area contributed by atoms with E-state index in [1.807, 2.05) is 0 Å². The summed E-state index contributed by atoms with van der Waals surface area (Å²) in [6, 6.07) is 6.96. The molecule has 0 heterocycles. The number of rotatable bonds is 1. The molecule has 0 unspecified atom stereocenters. The largest absolute Gasteiger partial charge is 0.0842 e. The summed E-state index contributed by atoms with van der Waals surface area (Å²) in [5, 5.41) is 0. The van der Waals surface area contributed by atoms with E-state index >= 15 is 0 Å². The molecule has 3 rings (SSSR count). The molecule has 0 atom stereocenters. The maximum atomic E-state index is 2.38. The van der Waals surface area contributed by atoms with E-state index < -0.39 is 0 Å². The van der Waals surface area contributed by atoms with Crippen LogP contribution in [0.15, 0.2) is 36.4 Å². The highest BCUT2D eigenvalue weighted by Gasteiger charge is 2.13. The third-order valence-corrected chi connectivity index (χ3v) is 3.25. The minimum Gasteiger partial charge on any atom is -0.0842 e. The van der Waals surface area contributed by atoms with Gasteiger partial charge in [-0.05, 0) is 47.9 Å². The van der Waals surface area contributed by atoms with Crippen molar-refractivity contribution in [3.63, 3.8) is 0 Å². The fraction of sp³-hybridized carbons (Fsp3) is 0.286. The monoisotopic (exact) mass is 182 g/mol. The van der Waals surface area contributed by atoms with Crippen molar-refractivity contribution in [2.24, 2.45) is 0 Å². The third-order valence-electron chi connectivity index (χ3n) is 3.25. The van der Waals surface area contributed by atoms with Gasteiger partial charge in [-0.2, -0.15) is 0 Å². The molecule has 2 aliphatic carbocycles. The second kappa shape index (κ2) is 3.13. The lowest BCUT2D eigenvalue weighted by molar-refractivity contribution is 0.838. The molecule has 0 nitrogen and oxygen atoms in total. The maximum Gasteiger partial charge on any atom is -0.0221 e. The van der Waals surface area contributed by atoms with Crippen LogP contribution in [0.1, 0.15) is 29.5 Å². The van der Waals surface area contributed by atoms with Crippen molar-refractivity contribution in [2.45, 2.75) is 25.7 Å². The lowest BCUT2D eigenvalue weighted by atomic mass is 9.85. The van der Waals surface area contributed by atoms with Gasteiger partial charge in [0.2, 0.25) is 0 Å². The van der Waals surface area contributed by atoms with Crippen LogP contribution < -0.4 is 0 Å². The number of fused-ring (bicyclic) bond motifs is 1. The van der Waals surface area contributed by atoms with Crippen LogP contribution in [-0.4, -0.2) is 0 Å². The Morgan fingerprint density at radius 3 is 2.50 bits per heavy atom. The topological polar surface area (TPSA) is 0 Å². The molecule has 14 heavy (non-hydrogen) atoms. The Morgan fingerprint density at radius 2 is 1.86 bits per heavy atom. The smallest absolute Gasteiger partial charge is 0.0221 e. The third kappa shape index (κ3) is 1.22. The zero-order valence-electron chi connectivity index (χ0n) is 8.29. The van der Waals surface area contributed by atoms with Gasteiger partial charge >= 0.3 is 0 Å². The molecule has 0 radical (unpaired) electrons. The molecule has 0 saturated heterocycles. The highest BCUT2D eigenvalue weighted by atomic mass is 14.2. The summed E-state index contributed by atoms with van der Waals surface area (Å²) in [7, 11) is 0. The molecule has 1 aromatic carbocycles. The summed E-state index contributed by atoms with van der Waals surface area (Å²) in [6.45, 7) is 0. The van der Waals surface area contributed by atoms with Gasteiger partial charge < -0.3 is 0 Å². The van der Waals surface area contributed by atoms with Crippen molar-refractivity contribution in [1.82, 2.24) is 0 Å². The standard InChI is InChI=1S/C14H14/c1-2-4-11(5-3-1)13-8-6-12-7-9-14(12)10-13/h1-2,4,6,8,10H,3,5,7,9H2. The lowest BCUT2D eigenvalue weighted by Crippen LogP contribution is -2.08. The van der Waals surface area contributed by atoms with Crippen LogP contribution in [0.25, 0.3) is 5.57 Å². The van der Waals surface area contributed by atoms with Crippen molar-refractivity contribution in [3.8, 4) is 0 Å². The maximum absolute atomic E-state index is 2.38. The van der Waals surface area contributed by atoms with Crippen LogP contribution in [-0.2, 0) is 12.8 Å². The first-order valence-corrected chi connectivity index (χ1v) is 5.41. The zero-order chi connectivity index (χ0) is 9.38. The van der Waals surface area contributed by atoms with Crippen molar-refractivity contribution in [3.05, 3.63) is 53.1 Å². The molecule has 2 aliphatic rings. The molecule has 0 fully saturated rings. The van der Waals surface area contributed by atoms with Crippen molar-refractivity contribution >= 4 is 5.57 Å². The van der Waals surface area contributed by atoms with Crippen molar-refractivity contribution in [1.29, 1.82) is 0 Å². The summed E-state index contributed by atoms with van der Waals surface area (Å²) in [5.74, 6) is 0. The Morgan fingerprint density at radius 1 is 0.929 bits per heavy atom.